The van der Waals surface area contributed by atoms with Crippen molar-refractivity contribution in [1.29, 1.82) is 0 Å². The summed E-state index contributed by atoms with van der Waals surface area (Å²) in [5.41, 5.74) is 1.46. The van der Waals surface area contributed by atoms with Crippen molar-refractivity contribution in [3.63, 3.8) is 0 Å². The molecule has 4 rings (SSSR count). The second kappa shape index (κ2) is 7.62. The summed E-state index contributed by atoms with van der Waals surface area (Å²) in [6.45, 7) is 3.04. The summed E-state index contributed by atoms with van der Waals surface area (Å²) in [5.74, 6) is -1.38. The van der Waals surface area contributed by atoms with Gasteiger partial charge >= 0.3 is 0 Å². The molecule has 1 aliphatic heterocycles. The second-order valence-electron chi connectivity index (χ2n) is 6.65. The highest BCUT2D eigenvalue weighted by Crippen LogP contribution is 2.27. The Bertz CT molecular complexity index is 1160. The molecule has 0 bridgehead atoms. The molecular formula is C19H18F2N4O3S. The maximum Gasteiger partial charge on any atom is 0.243 e. The molecule has 1 aromatic heterocycles. The van der Waals surface area contributed by atoms with Crippen LogP contribution in [0.4, 0.5) is 8.78 Å². The van der Waals surface area contributed by atoms with Gasteiger partial charge < -0.3 is 9.72 Å². The van der Waals surface area contributed by atoms with Gasteiger partial charge in [-0.1, -0.05) is 12.1 Å². The Labute approximate surface area is 166 Å². The van der Waals surface area contributed by atoms with Gasteiger partial charge in [0.2, 0.25) is 10.0 Å². The first-order valence-corrected chi connectivity index (χ1v) is 10.4. The SMILES string of the molecule is Cc1ccc(-c2nnc(-c3ccc(F)c(F)c3)[nH]2)cc1S(=O)(=O)N1CCOCC1. The standard InChI is InChI=1S/C19H18F2N4O3S/c1-12-2-3-14(11-17(12)29(26,27)25-6-8-28-9-7-25)19-22-18(23-24-19)13-4-5-15(20)16(21)10-13/h2-5,10-11H,6-9H2,1H3,(H,22,23,24). The van der Waals surface area contributed by atoms with Crippen LogP contribution < -0.4 is 0 Å². The van der Waals surface area contributed by atoms with Crippen LogP contribution in [0, 0.1) is 18.6 Å². The van der Waals surface area contributed by atoms with E-state index >= 15 is 0 Å². The largest absolute Gasteiger partial charge is 0.379 e. The van der Waals surface area contributed by atoms with Crippen LogP contribution in [-0.4, -0.2) is 54.2 Å². The minimum Gasteiger partial charge on any atom is -0.379 e. The third-order valence-corrected chi connectivity index (χ3v) is 6.77. The van der Waals surface area contributed by atoms with Crippen molar-refractivity contribution in [2.24, 2.45) is 0 Å². The molecule has 2 heterocycles. The molecule has 0 radical (unpaired) electrons. The molecule has 0 atom stereocenters. The number of hydrogen-bond donors (Lipinski definition) is 1. The van der Waals surface area contributed by atoms with Crippen LogP contribution in [0.15, 0.2) is 41.3 Å². The summed E-state index contributed by atoms with van der Waals surface area (Å²) < 4.78 is 59.3. The highest BCUT2D eigenvalue weighted by molar-refractivity contribution is 7.89. The lowest BCUT2D eigenvalue weighted by Crippen LogP contribution is -2.40. The maximum absolute atomic E-state index is 13.5. The molecule has 1 aliphatic rings. The predicted molar refractivity (Wildman–Crippen MR) is 101 cm³/mol. The summed E-state index contributed by atoms with van der Waals surface area (Å²) in [7, 11) is -3.68. The Morgan fingerprint density at radius 3 is 2.24 bits per heavy atom. The normalized spacial score (nSPS) is 15.6. The van der Waals surface area contributed by atoms with Crippen molar-refractivity contribution < 1.29 is 21.9 Å². The third kappa shape index (κ3) is 3.78. The van der Waals surface area contributed by atoms with Gasteiger partial charge in [-0.05, 0) is 36.8 Å². The maximum atomic E-state index is 13.5. The smallest absolute Gasteiger partial charge is 0.243 e. The molecule has 0 saturated carbocycles. The Morgan fingerprint density at radius 1 is 0.966 bits per heavy atom. The fourth-order valence-electron chi connectivity index (χ4n) is 3.12. The van der Waals surface area contributed by atoms with Crippen molar-refractivity contribution in [2.45, 2.75) is 11.8 Å². The van der Waals surface area contributed by atoms with Crippen molar-refractivity contribution in [1.82, 2.24) is 19.5 Å². The zero-order valence-electron chi connectivity index (χ0n) is 15.5. The number of nitrogens with zero attached hydrogens (tertiary/aromatic N) is 3. The molecule has 1 N–H and O–H groups in total. The molecule has 1 fully saturated rings. The first kappa shape index (κ1) is 19.6. The minimum atomic E-state index is -3.68. The number of aromatic nitrogens is 3. The lowest BCUT2D eigenvalue weighted by atomic mass is 10.1. The monoisotopic (exact) mass is 420 g/mol. The van der Waals surface area contributed by atoms with Gasteiger partial charge in [0.15, 0.2) is 23.3 Å². The predicted octanol–water partition coefficient (Wildman–Crippen LogP) is 2.75. The lowest BCUT2D eigenvalue weighted by Gasteiger charge is -2.26. The van der Waals surface area contributed by atoms with E-state index in [1.807, 2.05) is 0 Å². The number of halogens is 2. The molecule has 0 unspecified atom stereocenters. The molecule has 0 aliphatic carbocycles. The molecule has 29 heavy (non-hydrogen) atoms. The molecule has 3 aromatic rings. The van der Waals surface area contributed by atoms with E-state index < -0.39 is 21.7 Å². The summed E-state index contributed by atoms with van der Waals surface area (Å²) >= 11 is 0. The van der Waals surface area contributed by atoms with E-state index in [-0.39, 0.29) is 10.7 Å². The van der Waals surface area contributed by atoms with Crippen LogP contribution in [0.25, 0.3) is 22.8 Å². The first-order valence-electron chi connectivity index (χ1n) is 8.93. The third-order valence-electron chi connectivity index (χ3n) is 4.73. The van der Waals surface area contributed by atoms with Gasteiger partial charge in [-0.2, -0.15) is 4.31 Å². The Morgan fingerprint density at radius 2 is 1.59 bits per heavy atom. The number of ether oxygens (including phenoxy) is 1. The van der Waals surface area contributed by atoms with Crippen molar-refractivity contribution >= 4 is 10.0 Å². The number of sulfonamides is 1. The van der Waals surface area contributed by atoms with Gasteiger partial charge in [-0.3, -0.25) is 0 Å². The van der Waals surface area contributed by atoms with Crippen LogP contribution in [-0.2, 0) is 14.8 Å². The quantitative estimate of drug-likeness (QED) is 0.701. The van der Waals surface area contributed by atoms with Crippen LogP contribution in [0.2, 0.25) is 0 Å². The molecule has 0 amide bonds. The number of aromatic amines is 1. The average Bonchev–Trinajstić information content (AvgIpc) is 3.21. The van der Waals surface area contributed by atoms with Crippen LogP contribution in [0.3, 0.4) is 0 Å². The molecule has 1 saturated heterocycles. The number of H-pyrrole nitrogens is 1. The van der Waals surface area contributed by atoms with E-state index in [9.17, 15) is 17.2 Å². The molecule has 7 nitrogen and oxygen atoms in total. The number of aryl methyl sites for hydroxylation is 1. The molecule has 10 heteroatoms. The zero-order chi connectivity index (χ0) is 20.6. The van der Waals surface area contributed by atoms with Crippen molar-refractivity contribution in [3.05, 3.63) is 53.6 Å². The highest BCUT2D eigenvalue weighted by Gasteiger charge is 2.28. The van der Waals surface area contributed by atoms with E-state index in [2.05, 4.69) is 15.2 Å². The van der Waals surface area contributed by atoms with Crippen LogP contribution >= 0.6 is 0 Å². The Hall–Kier alpha value is -2.69. The number of morpholine rings is 1. The molecular weight excluding hydrogens is 402 g/mol. The van der Waals surface area contributed by atoms with Crippen molar-refractivity contribution in [2.75, 3.05) is 26.3 Å². The van der Waals surface area contributed by atoms with Gasteiger partial charge in [0, 0.05) is 24.2 Å². The number of nitrogens with one attached hydrogen (secondary N) is 1. The average molecular weight is 420 g/mol. The van der Waals surface area contributed by atoms with Crippen LogP contribution in [0.5, 0.6) is 0 Å². The van der Waals surface area contributed by atoms with E-state index in [0.29, 0.717) is 48.8 Å². The summed E-state index contributed by atoms with van der Waals surface area (Å²) in [4.78, 5) is 3.11. The highest BCUT2D eigenvalue weighted by atomic mass is 32.2. The van der Waals surface area contributed by atoms with Crippen molar-refractivity contribution in [3.8, 4) is 22.8 Å². The van der Waals surface area contributed by atoms with E-state index in [0.717, 1.165) is 12.1 Å². The van der Waals surface area contributed by atoms with E-state index in [4.69, 9.17) is 4.74 Å². The molecule has 0 spiro atoms. The van der Waals surface area contributed by atoms with E-state index in [1.54, 1.807) is 19.1 Å². The molecule has 2 aromatic carbocycles. The van der Waals surface area contributed by atoms with Gasteiger partial charge in [0.25, 0.3) is 0 Å². The summed E-state index contributed by atoms with van der Waals surface area (Å²) in [6, 6.07) is 8.36. The Kier molecular flexibility index (Phi) is 5.15. The molecule has 152 valence electrons. The van der Waals surface area contributed by atoms with E-state index in [1.165, 1.54) is 16.4 Å². The lowest BCUT2D eigenvalue weighted by molar-refractivity contribution is 0.0730. The second-order valence-corrected chi connectivity index (χ2v) is 8.55. The topological polar surface area (TPSA) is 88.2 Å². The fourth-order valence-corrected chi connectivity index (χ4v) is 4.78. The van der Waals surface area contributed by atoms with Gasteiger partial charge in [-0.25, -0.2) is 17.2 Å². The number of hydrogen-bond acceptors (Lipinski definition) is 5. The van der Waals surface area contributed by atoms with Gasteiger partial charge in [-0.15, -0.1) is 10.2 Å². The minimum absolute atomic E-state index is 0.183. The Balaban J connectivity index is 1.69. The number of benzene rings is 2. The first-order chi connectivity index (χ1) is 13.9. The number of rotatable bonds is 4. The summed E-state index contributed by atoms with van der Waals surface area (Å²) in [5, 5.41) is 8.00. The van der Waals surface area contributed by atoms with Gasteiger partial charge in [0.05, 0.1) is 18.1 Å². The fraction of sp³-hybridized carbons (Fsp3) is 0.263. The van der Waals surface area contributed by atoms with Crippen LogP contribution in [0.1, 0.15) is 5.56 Å². The zero-order valence-corrected chi connectivity index (χ0v) is 16.3. The van der Waals surface area contributed by atoms with Gasteiger partial charge in [0.1, 0.15) is 0 Å². The summed E-state index contributed by atoms with van der Waals surface area (Å²) in [6.07, 6.45) is 0.